The number of unbranched alkanes of at least 4 members (excludes halogenated alkanes) is 2. The van der Waals surface area contributed by atoms with E-state index in [1.807, 2.05) is 0 Å². The van der Waals surface area contributed by atoms with E-state index < -0.39 is 29.1 Å². The van der Waals surface area contributed by atoms with Gasteiger partial charge in [-0.15, -0.1) is 0 Å². The predicted octanol–water partition coefficient (Wildman–Crippen LogP) is 1.90. The van der Waals surface area contributed by atoms with Crippen molar-refractivity contribution in [2.24, 2.45) is 0 Å². The summed E-state index contributed by atoms with van der Waals surface area (Å²) < 4.78 is 26.3. The lowest BCUT2D eigenvalue weighted by atomic mass is 10.1. The zero-order chi connectivity index (χ0) is 16.0. The summed E-state index contributed by atoms with van der Waals surface area (Å²) in [5, 5.41) is 17.6. The van der Waals surface area contributed by atoms with Crippen molar-refractivity contribution >= 4 is 11.9 Å². The molecule has 2 N–H and O–H groups in total. The van der Waals surface area contributed by atoms with Gasteiger partial charge in [0.05, 0.1) is 11.1 Å². The number of rotatable bonds is 7. The number of hydrogen-bond acceptors (Lipinski definition) is 3. The van der Waals surface area contributed by atoms with Gasteiger partial charge in [0.2, 0.25) is 0 Å². The smallest absolute Gasteiger partial charge is 0.336 e. The number of hydrogen-bond donors (Lipinski definition) is 2. The first-order valence-electron chi connectivity index (χ1n) is 6.47. The van der Waals surface area contributed by atoms with E-state index in [0.717, 1.165) is 0 Å². The summed E-state index contributed by atoms with van der Waals surface area (Å²) in [6.07, 6.45) is 1.93. The van der Waals surface area contributed by atoms with Gasteiger partial charge < -0.3 is 15.1 Å². The largest absolute Gasteiger partial charge is 0.478 e. The van der Waals surface area contributed by atoms with Crippen LogP contribution in [-0.2, 0) is 0 Å². The summed E-state index contributed by atoms with van der Waals surface area (Å²) in [6, 6.07) is 1.11. The molecule has 0 aliphatic rings. The Morgan fingerprint density at radius 2 is 1.67 bits per heavy atom. The Hall–Kier alpha value is -2.02. The van der Waals surface area contributed by atoms with E-state index in [-0.39, 0.29) is 12.2 Å². The average molecular weight is 301 g/mol. The molecule has 1 aromatic carbocycles. The van der Waals surface area contributed by atoms with Gasteiger partial charge in [-0.1, -0.05) is 0 Å². The first-order valence-corrected chi connectivity index (χ1v) is 6.47. The van der Waals surface area contributed by atoms with E-state index in [1.54, 1.807) is 0 Å². The minimum atomic E-state index is -1.49. The Balaban J connectivity index is 2.90. The Bertz CT molecular complexity index is 534. The Labute approximate surface area is 120 Å². The highest BCUT2D eigenvalue weighted by atomic mass is 19.2. The van der Waals surface area contributed by atoms with Crippen LogP contribution < -0.4 is 0 Å². The monoisotopic (exact) mass is 301 g/mol. The van der Waals surface area contributed by atoms with Gasteiger partial charge in [0.15, 0.2) is 11.6 Å². The maximum absolute atomic E-state index is 13.2. The molecule has 0 bridgehead atoms. The highest BCUT2D eigenvalue weighted by Gasteiger charge is 2.22. The number of carboxylic acid groups (broad SMARTS) is 1. The normalized spacial score (nSPS) is 10.5. The van der Waals surface area contributed by atoms with Crippen LogP contribution in [0.4, 0.5) is 8.78 Å². The van der Waals surface area contributed by atoms with Crippen LogP contribution in [-0.4, -0.2) is 47.2 Å². The van der Waals surface area contributed by atoms with E-state index >= 15 is 0 Å². The summed E-state index contributed by atoms with van der Waals surface area (Å²) in [7, 11) is 1.45. The zero-order valence-electron chi connectivity index (χ0n) is 11.6. The molecule has 0 aliphatic carbocycles. The van der Waals surface area contributed by atoms with Crippen LogP contribution in [0.1, 0.15) is 40.0 Å². The van der Waals surface area contributed by atoms with Crippen molar-refractivity contribution in [1.29, 1.82) is 0 Å². The minimum Gasteiger partial charge on any atom is -0.478 e. The molecule has 7 heteroatoms. The predicted molar refractivity (Wildman–Crippen MR) is 71.2 cm³/mol. The third kappa shape index (κ3) is 4.49. The maximum Gasteiger partial charge on any atom is 0.336 e. The molecule has 116 valence electrons. The molecular weight excluding hydrogens is 284 g/mol. The average Bonchev–Trinajstić information content (AvgIpc) is 2.44. The fourth-order valence-corrected chi connectivity index (χ4v) is 1.85. The Morgan fingerprint density at radius 3 is 2.19 bits per heavy atom. The van der Waals surface area contributed by atoms with Crippen LogP contribution >= 0.6 is 0 Å². The van der Waals surface area contributed by atoms with Crippen molar-refractivity contribution < 1.29 is 28.6 Å². The van der Waals surface area contributed by atoms with Gasteiger partial charge in [-0.05, 0) is 31.4 Å². The van der Waals surface area contributed by atoms with E-state index in [1.165, 1.54) is 11.9 Å². The third-order valence-electron chi connectivity index (χ3n) is 3.02. The van der Waals surface area contributed by atoms with Crippen LogP contribution in [0.5, 0.6) is 0 Å². The molecule has 0 aromatic heterocycles. The highest BCUT2D eigenvalue weighted by Crippen LogP contribution is 2.17. The highest BCUT2D eigenvalue weighted by molar-refractivity contribution is 6.04. The van der Waals surface area contributed by atoms with Crippen molar-refractivity contribution in [3.63, 3.8) is 0 Å². The number of carbonyl (C=O) groups is 2. The van der Waals surface area contributed by atoms with Crippen LogP contribution in [0, 0.1) is 11.6 Å². The quantitative estimate of drug-likeness (QED) is 0.754. The Kier molecular flexibility index (Phi) is 6.23. The second-order valence-electron chi connectivity index (χ2n) is 4.63. The fraction of sp³-hybridized carbons (Fsp3) is 0.429. The molecule has 1 amide bonds. The van der Waals surface area contributed by atoms with Crippen LogP contribution in [0.2, 0.25) is 0 Å². The van der Waals surface area contributed by atoms with Gasteiger partial charge in [-0.25, -0.2) is 13.6 Å². The van der Waals surface area contributed by atoms with E-state index in [4.69, 9.17) is 10.2 Å². The van der Waals surface area contributed by atoms with E-state index in [2.05, 4.69) is 0 Å². The molecule has 1 rings (SSSR count). The van der Waals surface area contributed by atoms with Crippen LogP contribution in [0.25, 0.3) is 0 Å². The summed E-state index contributed by atoms with van der Waals surface area (Å²) >= 11 is 0. The number of aliphatic hydroxyl groups excluding tert-OH is 1. The lowest BCUT2D eigenvalue weighted by molar-refractivity contribution is 0.0680. The number of amides is 1. The van der Waals surface area contributed by atoms with Crippen molar-refractivity contribution in [3.8, 4) is 0 Å². The molecule has 0 atom stereocenters. The Morgan fingerprint density at radius 1 is 1.10 bits per heavy atom. The third-order valence-corrected chi connectivity index (χ3v) is 3.02. The van der Waals surface area contributed by atoms with Gasteiger partial charge >= 0.3 is 5.97 Å². The van der Waals surface area contributed by atoms with Gasteiger partial charge in [-0.2, -0.15) is 0 Å². The zero-order valence-corrected chi connectivity index (χ0v) is 11.6. The number of carboxylic acids is 1. The fourth-order valence-electron chi connectivity index (χ4n) is 1.85. The first kappa shape index (κ1) is 17.0. The summed E-state index contributed by atoms with van der Waals surface area (Å²) in [4.78, 5) is 24.4. The number of aromatic carboxylic acids is 1. The van der Waals surface area contributed by atoms with Crippen LogP contribution in [0.3, 0.4) is 0 Å². The van der Waals surface area contributed by atoms with Gasteiger partial charge in [0.1, 0.15) is 0 Å². The van der Waals surface area contributed by atoms with Crippen LogP contribution in [0.15, 0.2) is 12.1 Å². The first-order chi connectivity index (χ1) is 9.88. The summed E-state index contributed by atoms with van der Waals surface area (Å²) in [6.45, 7) is 0.390. The van der Waals surface area contributed by atoms with Crippen molar-refractivity contribution in [2.75, 3.05) is 20.2 Å². The molecule has 5 nitrogen and oxygen atoms in total. The number of aliphatic hydroxyl groups is 1. The number of carbonyl (C=O) groups excluding carboxylic acids is 1. The number of nitrogens with zero attached hydrogens (tertiary/aromatic N) is 1. The van der Waals surface area contributed by atoms with Crippen molar-refractivity contribution in [2.45, 2.75) is 19.3 Å². The van der Waals surface area contributed by atoms with E-state index in [9.17, 15) is 18.4 Å². The van der Waals surface area contributed by atoms with Gasteiger partial charge in [0, 0.05) is 20.2 Å². The maximum atomic E-state index is 13.2. The summed E-state index contributed by atoms with van der Waals surface area (Å²) in [5.74, 6) is -4.76. The topological polar surface area (TPSA) is 77.8 Å². The lowest BCUT2D eigenvalue weighted by Crippen LogP contribution is -2.29. The molecule has 0 fully saturated rings. The summed E-state index contributed by atoms with van der Waals surface area (Å²) in [5.41, 5.74) is -0.952. The molecule has 1 aromatic rings. The van der Waals surface area contributed by atoms with Gasteiger partial charge in [-0.3, -0.25) is 4.79 Å². The second-order valence-corrected chi connectivity index (χ2v) is 4.63. The lowest BCUT2D eigenvalue weighted by Gasteiger charge is -2.18. The SMILES string of the molecule is CN(CCCCCO)C(=O)c1cc(F)c(F)cc1C(=O)O. The molecule has 0 aliphatic heterocycles. The number of halogens is 2. The molecule has 0 spiro atoms. The van der Waals surface area contributed by atoms with E-state index in [0.29, 0.717) is 37.9 Å². The molecule has 0 heterocycles. The van der Waals surface area contributed by atoms with Crippen molar-refractivity contribution in [1.82, 2.24) is 4.90 Å². The molecule has 0 unspecified atom stereocenters. The number of benzene rings is 1. The standard InChI is InChI=1S/C14H17F2NO4/c1-17(5-3-2-4-6-18)13(19)9-7-11(15)12(16)8-10(9)14(20)21/h7-8,18H,2-6H2,1H3,(H,20,21). The molecule has 21 heavy (non-hydrogen) atoms. The van der Waals surface area contributed by atoms with Gasteiger partial charge in [0.25, 0.3) is 5.91 Å². The molecule has 0 saturated heterocycles. The van der Waals surface area contributed by atoms with Crippen molar-refractivity contribution in [3.05, 3.63) is 34.9 Å². The molecule has 0 radical (unpaired) electrons. The molecular formula is C14H17F2NO4. The second kappa shape index (κ2) is 7.68. The molecule has 0 saturated carbocycles. The minimum absolute atomic E-state index is 0.0595.